The predicted octanol–water partition coefficient (Wildman–Crippen LogP) is 5.36. The summed E-state index contributed by atoms with van der Waals surface area (Å²) in [6.07, 6.45) is 1.75. The molecule has 0 fully saturated rings. The highest BCUT2D eigenvalue weighted by Crippen LogP contribution is 2.32. The van der Waals surface area contributed by atoms with Crippen molar-refractivity contribution in [3.8, 4) is 11.4 Å². The number of aryl methyl sites for hydroxylation is 2. The van der Waals surface area contributed by atoms with Crippen LogP contribution in [-0.4, -0.2) is 31.9 Å². The number of aliphatic hydroxyl groups is 1. The number of pyridine rings is 1. The van der Waals surface area contributed by atoms with Crippen LogP contribution in [0.4, 0.5) is 4.39 Å². The Morgan fingerprint density at radius 3 is 2.72 bits per heavy atom. The van der Waals surface area contributed by atoms with Gasteiger partial charge in [-0.15, -0.1) is 0 Å². The molecular weight excluding hydrogens is 483 g/mol. The Kier molecular flexibility index (Phi) is 7.56. The molecule has 0 saturated heterocycles. The van der Waals surface area contributed by atoms with Gasteiger partial charge in [0.25, 0.3) is 0 Å². The van der Waals surface area contributed by atoms with Crippen molar-refractivity contribution >= 4 is 28.4 Å². The van der Waals surface area contributed by atoms with Crippen LogP contribution in [0.1, 0.15) is 48.7 Å². The number of ether oxygens (including phenoxy) is 1. The van der Waals surface area contributed by atoms with Crippen LogP contribution in [0.2, 0.25) is 5.02 Å². The summed E-state index contributed by atoms with van der Waals surface area (Å²) in [5, 5.41) is 17.8. The van der Waals surface area contributed by atoms with Gasteiger partial charge in [0.15, 0.2) is 5.82 Å². The van der Waals surface area contributed by atoms with E-state index in [2.05, 4.69) is 15.4 Å². The number of aliphatic hydroxyl groups excluding tert-OH is 1. The van der Waals surface area contributed by atoms with Gasteiger partial charge in [-0.3, -0.25) is 4.79 Å². The first-order chi connectivity index (χ1) is 17.1. The molecule has 0 spiro atoms. The molecule has 9 heteroatoms. The Balaban J connectivity index is 1.67. The van der Waals surface area contributed by atoms with Crippen molar-refractivity contribution in [3.05, 3.63) is 82.0 Å². The molecule has 0 aliphatic carbocycles. The van der Waals surface area contributed by atoms with E-state index in [0.29, 0.717) is 22.0 Å². The fraction of sp³-hybridized carbons (Fsp3) is 0.296. The quantitative estimate of drug-likeness (QED) is 0.333. The molecule has 7 nitrogen and oxygen atoms in total. The summed E-state index contributed by atoms with van der Waals surface area (Å²) in [7, 11) is 0. The number of para-hydroxylation sites is 1. The molecule has 0 radical (unpaired) electrons. The van der Waals surface area contributed by atoms with Crippen molar-refractivity contribution in [1.29, 1.82) is 0 Å². The average molecular weight is 511 g/mol. The van der Waals surface area contributed by atoms with Gasteiger partial charge in [-0.2, -0.15) is 5.10 Å². The van der Waals surface area contributed by atoms with E-state index in [-0.39, 0.29) is 25.0 Å². The third-order valence-corrected chi connectivity index (χ3v) is 6.11. The van der Waals surface area contributed by atoms with E-state index >= 15 is 0 Å². The molecule has 4 aromatic rings. The third-order valence-electron chi connectivity index (χ3n) is 5.78. The minimum atomic E-state index is -0.730. The summed E-state index contributed by atoms with van der Waals surface area (Å²) in [5.41, 5.74) is 4.56. The Hall–Kier alpha value is -3.49. The van der Waals surface area contributed by atoms with Gasteiger partial charge in [0, 0.05) is 21.7 Å². The van der Waals surface area contributed by atoms with Crippen molar-refractivity contribution in [3.63, 3.8) is 0 Å². The minimum Gasteiger partial charge on any atom is -0.487 e. The standard InChI is InChI=1S/C27H28ClFN4O3/c1-15-8-21(18(4)32-26(35)11-17(3)34)22(23(28)9-15)14-36-25-7-5-6-20-24(10-16(2)31-27(20)25)33-13-19(29)12-30-33/h5-10,12-13,17-18,34H,11,14H2,1-4H3,(H,32,35)/t17-,18-/m0/s1. The Bertz CT molecular complexity index is 1420. The summed E-state index contributed by atoms with van der Waals surface area (Å²) in [6.45, 7) is 7.37. The van der Waals surface area contributed by atoms with Crippen molar-refractivity contribution in [1.82, 2.24) is 20.1 Å². The van der Waals surface area contributed by atoms with Crippen molar-refractivity contribution < 1.29 is 19.0 Å². The monoisotopic (exact) mass is 510 g/mol. The molecule has 36 heavy (non-hydrogen) atoms. The predicted molar refractivity (Wildman–Crippen MR) is 137 cm³/mol. The molecule has 0 aliphatic rings. The molecule has 4 rings (SSSR count). The number of aromatic nitrogens is 3. The summed E-state index contributed by atoms with van der Waals surface area (Å²) >= 11 is 6.62. The number of amides is 1. The van der Waals surface area contributed by atoms with Crippen LogP contribution >= 0.6 is 11.6 Å². The van der Waals surface area contributed by atoms with E-state index in [1.807, 2.05) is 57.2 Å². The fourth-order valence-electron chi connectivity index (χ4n) is 4.20. The lowest BCUT2D eigenvalue weighted by atomic mass is 9.99. The number of halogens is 2. The average Bonchev–Trinajstić information content (AvgIpc) is 3.23. The topological polar surface area (TPSA) is 89.3 Å². The first kappa shape index (κ1) is 25.6. The lowest BCUT2D eigenvalue weighted by molar-refractivity contribution is -0.123. The van der Waals surface area contributed by atoms with E-state index in [1.54, 1.807) is 6.92 Å². The van der Waals surface area contributed by atoms with Gasteiger partial charge in [0.2, 0.25) is 5.91 Å². The number of hydrogen-bond acceptors (Lipinski definition) is 5. The van der Waals surface area contributed by atoms with Crippen LogP contribution in [-0.2, 0) is 11.4 Å². The zero-order valence-electron chi connectivity index (χ0n) is 20.5. The van der Waals surface area contributed by atoms with Gasteiger partial charge < -0.3 is 15.2 Å². The molecule has 2 atom stereocenters. The highest BCUT2D eigenvalue weighted by molar-refractivity contribution is 6.31. The molecule has 2 aromatic heterocycles. The molecule has 2 aromatic carbocycles. The number of benzene rings is 2. The van der Waals surface area contributed by atoms with Crippen LogP contribution in [0, 0.1) is 19.7 Å². The number of fused-ring (bicyclic) bond motifs is 1. The molecule has 1 amide bonds. The van der Waals surface area contributed by atoms with E-state index in [9.17, 15) is 14.3 Å². The molecular formula is C27H28ClFN4O3. The second kappa shape index (κ2) is 10.6. The normalized spacial score (nSPS) is 13.0. The molecule has 0 aliphatic heterocycles. The number of carbonyl (C=O) groups excluding carboxylic acids is 1. The summed E-state index contributed by atoms with van der Waals surface area (Å²) in [6, 6.07) is 10.9. The van der Waals surface area contributed by atoms with Crippen LogP contribution in [0.5, 0.6) is 5.75 Å². The van der Waals surface area contributed by atoms with E-state index in [4.69, 9.17) is 16.3 Å². The smallest absolute Gasteiger partial charge is 0.223 e. The number of rotatable bonds is 8. The summed E-state index contributed by atoms with van der Waals surface area (Å²) in [5.74, 6) is -0.141. The van der Waals surface area contributed by atoms with Crippen LogP contribution < -0.4 is 10.1 Å². The van der Waals surface area contributed by atoms with Crippen molar-refractivity contribution in [2.24, 2.45) is 0 Å². The molecule has 2 N–H and O–H groups in total. The van der Waals surface area contributed by atoms with Crippen molar-refractivity contribution in [2.75, 3.05) is 0 Å². The molecule has 0 saturated carbocycles. The molecule has 0 bridgehead atoms. The van der Waals surface area contributed by atoms with E-state index in [1.165, 1.54) is 10.9 Å². The third kappa shape index (κ3) is 5.66. The highest BCUT2D eigenvalue weighted by Gasteiger charge is 2.19. The summed E-state index contributed by atoms with van der Waals surface area (Å²) in [4.78, 5) is 16.9. The van der Waals surface area contributed by atoms with Gasteiger partial charge in [-0.05, 0) is 57.0 Å². The SMILES string of the molecule is Cc1cc(Cl)c(COc2cccc3c(-n4cc(F)cn4)cc(C)nc23)c([C@H](C)NC(=O)C[C@H](C)O)c1. The number of nitrogens with zero attached hydrogens (tertiary/aromatic N) is 3. The largest absolute Gasteiger partial charge is 0.487 e. The Labute approximate surface area is 213 Å². The fourth-order valence-corrected chi connectivity index (χ4v) is 4.54. The van der Waals surface area contributed by atoms with Crippen LogP contribution in [0.25, 0.3) is 16.6 Å². The Morgan fingerprint density at radius 1 is 1.25 bits per heavy atom. The zero-order chi connectivity index (χ0) is 26.0. The van der Waals surface area contributed by atoms with Crippen LogP contribution in [0.15, 0.2) is 48.8 Å². The Morgan fingerprint density at radius 2 is 2.03 bits per heavy atom. The first-order valence-corrected chi connectivity index (χ1v) is 12.0. The maximum atomic E-state index is 13.6. The van der Waals surface area contributed by atoms with Gasteiger partial charge in [-0.1, -0.05) is 29.8 Å². The molecule has 188 valence electrons. The van der Waals surface area contributed by atoms with Crippen molar-refractivity contribution in [2.45, 2.75) is 52.9 Å². The van der Waals surface area contributed by atoms with E-state index < -0.39 is 11.9 Å². The molecule has 2 heterocycles. The van der Waals surface area contributed by atoms with Gasteiger partial charge in [-0.25, -0.2) is 14.1 Å². The number of hydrogen-bond donors (Lipinski definition) is 2. The molecule has 0 unspecified atom stereocenters. The lowest BCUT2D eigenvalue weighted by Gasteiger charge is -2.21. The second-order valence-electron chi connectivity index (χ2n) is 8.98. The second-order valence-corrected chi connectivity index (χ2v) is 9.39. The first-order valence-electron chi connectivity index (χ1n) is 11.6. The van der Waals surface area contributed by atoms with Gasteiger partial charge in [0.1, 0.15) is 17.9 Å². The van der Waals surface area contributed by atoms with E-state index in [0.717, 1.165) is 34.0 Å². The lowest BCUT2D eigenvalue weighted by Crippen LogP contribution is -2.29. The maximum Gasteiger partial charge on any atom is 0.223 e. The number of nitrogens with one attached hydrogen (secondary N) is 1. The van der Waals surface area contributed by atoms with Crippen LogP contribution in [0.3, 0.4) is 0 Å². The minimum absolute atomic E-state index is 0.0131. The van der Waals surface area contributed by atoms with Gasteiger partial charge >= 0.3 is 0 Å². The zero-order valence-corrected chi connectivity index (χ0v) is 21.3. The highest BCUT2D eigenvalue weighted by atomic mass is 35.5. The number of carbonyl (C=O) groups is 1. The van der Waals surface area contributed by atoms with Gasteiger partial charge in [0.05, 0.1) is 36.6 Å². The maximum absolute atomic E-state index is 13.6. The summed E-state index contributed by atoms with van der Waals surface area (Å²) < 4.78 is 21.3.